The summed E-state index contributed by atoms with van der Waals surface area (Å²) in [5.41, 5.74) is 2.54. The summed E-state index contributed by atoms with van der Waals surface area (Å²) in [4.78, 5) is 1.26. The van der Waals surface area contributed by atoms with Gasteiger partial charge in [0, 0.05) is 22.1 Å². The molecule has 0 bridgehead atoms. The summed E-state index contributed by atoms with van der Waals surface area (Å²) in [6.07, 6.45) is 1.41. The van der Waals surface area contributed by atoms with Gasteiger partial charge in [-0.3, -0.25) is 0 Å². The molecule has 1 unspecified atom stereocenters. The lowest BCUT2D eigenvalue weighted by atomic mass is 9.86. The zero-order valence-electron chi connectivity index (χ0n) is 18.2. The predicted molar refractivity (Wildman–Crippen MR) is 132 cm³/mol. The molecule has 4 aromatic rings. The van der Waals surface area contributed by atoms with Gasteiger partial charge in [-0.2, -0.15) is 0 Å². The SMILES string of the molecule is CCc1ccccc1[C@H](c1cc2ccccc2s1)C1CCOc2cc(S(N)(=O)=O)ccc2O1. The molecule has 2 heterocycles. The molecule has 0 saturated heterocycles. The number of nitrogens with two attached hydrogens (primary N) is 1. The summed E-state index contributed by atoms with van der Waals surface area (Å²) >= 11 is 1.79. The Labute approximate surface area is 197 Å². The molecule has 0 fully saturated rings. The molecule has 0 aliphatic carbocycles. The van der Waals surface area contributed by atoms with E-state index in [1.165, 1.54) is 38.2 Å². The number of rotatable bonds is 5. The van der Waals surface area contributed by atoms with Gasteiger partial charge >= 0.3 is 0 Å². The van der Waals surface area contributed by atoms with Crippen LogP contribution in [0.2, 0.25) is 0 Å². The predicted octanol–water partition coefficient (Wildman–Crippen LogP) is 5.47. The Morgan fingerprint density at radius 1 is 1.03 bits per heavy atom. The average Bonchev–Trinajstić information content (AvgIpc) is 3.11. The normalized spacial score (nSPS) is 17.0. The smallest absolute Gasteiger partial charge is 0.238 e. The van der Waals surface area contributed by atoms with Crippen molar-refractivity contribution in [1.29, 1.82) is 0 Å². The van der Waals surface area contributed by atoms with Gasteiger partial charge in [-0.25, -0.2) is 13.6 Å². The van der Waals surface area contributed by atoms with Gasteiger partial charge in [0.05, 0.1) is 17.4 Å². The number of hydrogen-bond donors (Lipinski definition) is 1. The van der Waals surface area contributed by atoms with Gasteiger partial charge in [-0.15, -0.1) is 11.3 Å². The van der Waals surface area contributed by atoms with Crippen LogP contribution in [0, 0.1) is 0 Å². The Morgan fingerprint density at radius 3 is 2.61 bits per heavy atom. The van der Waals surface area contributed by atoms with Gasteiger partial charge in [0.25, 0.3) is 0 Å². The van der Waals surface area contributed by atoms with Crippen LogP contribution < -0.4 is 14.6 Å². The molecule has 33 heavy (non-hydrogen) atoms. The van der Waals surface area contributed by atoms with Crippen molar-refractivity contribution in [3.05, 3.63) is 88.8 Å². The number of benzene rings is 3. The van der Waals surface area contributed by atoms with E-state index in [9.17, 15) is 8.42 Å². The molecule has 3 aromatic carbocycles. The average molecular weight is 480 g/mol. The van der Waals surface area contributed by atoms with E-state index < -0.39 is 10.0 Å². The summed E-state index contributed by atoms with van der Waals surface area (Å²) in [6.45, 7) is 2.59. The number of fused-ring (bicyclic) bond motifs is 2. The molecule has 0 amide bonds. The zero-order chi connectivity index (χ0) is 23.0. The van der Waals surface area contributed by atoms with Crippen LogP contribution in [0.25, 0.3) is 10.1 Å². The van der Waals surface area contributed by atoms with Crippen LogP contribution in [0.15, 0.2) is 77.7 Å². The van der Waals surface area contributed by atoms with E-state index in [-0.39, 0.29) is 16.9 Å². The minimum atomic E-state index is -3.82. The largest absolute Gasteiger partial charge is 0.490 e. The minimum Gasteiger partial charge on any atom is -0.490 e. The highest BCUT2D eigenvalue weighted by molar-refractivity contribution is 7.89. The zero-order valence-corrected chi connectivity index (χ0v) is 19.9. The fourth-order valence-corrected chi connectivity index (χ4v) is 6.24. The van der Waals surface area contributed by atoms with Crippen LogP contribution >= 0.6 is 11.3 Å². The first-order chi connectivity index (χ1) is 15.9. The molecule has 170 valence electrons. The summed E-state index contributed by atoms with van der Waals surface area (Å²) < 4.78 is 37.3. The second-order valence-electron chi connectivity index (χ2n) is 8.16. The van der Waals surface area contributed by atoms with Crippen LogP contribution in [-0.4, -0.2) is 21.1 Å². The number of ether oxygens (including phenoxy) is 2. The van der Waals surface area contributed by atoms with E-state index >= 15 is 0 Å². The van der Waals surface area contributed by atoms with E-state index in [4.69, 9.17) is 14.6 Å². The third-order valence-corrected chi connectivity index (χ3v) is 8.19. The number of thiophene rings is 1. The summed E-state index contributed by atoms with van der Waals surface area (Å²) in [7, 11) is -3.82. The van der Waals surface area contributed by atoms with Crippen LogP contribution in [0.3, 0.4) is 0 Å². The molecular formula is C26H25NO4S2. The van der Waals surface area contributed by atoms with Crippen molar-refractivity contribution in [2.24, 2.45) is 5.14 Å². The maximum atomic E-state index is 11.8. The highest BCUT2D eigenvalue weighted by atomic mass is 32.2. The molecule has 1 aliphatic rings. The van der Waals surface area contributed by atoms with Crippen LogP contribution in [0.1, 0.15) is 35.3 Å². The molecule has 5 nitrogen and oxygen atoms in total. The molecule has 1 aromatic heterocycles. The lowest BCUT2D eigenvalue weighted by molar-refractivity contribution is 0.174. The fraction of sp³-hybridized carbons (Fsp3) is 0.231. The third kappa shape index (κ3) is 4.36. The summed E-state index contributed by atoms with van der Waals surface area (Å²) in [5, 5.41) is 6.52. The van der Waals surface area contributed by atoms with Crippen molar-refractivity contribution in [2.45, 2.75) is 36.7 Å². The first-order valence-electron chi connectivity index (χ1n) is 11.0. The Morgan fingerprint density at radius 2 is 1.82 bits per heavy atom. The third-order valence-electron chi connectivity index (χ3n) is 6.08. The van der Waals surface area contributed by atoms with Gasteiger partial charge in [0.1, 0.15) is 6.10 Å². The molecule has 2 atom stereocenters. The molecular weight excluding hydrogens is 454 g/mol. The fourth-order valence-electron chi connectivity index (χ4n) is 4.47. The van der Waals surface area contributed by atoms with Crippen molar-refractivity contribution in [1.82, 2.24) is 0 Å². The molecule has 1 aliphatic heterocycles. The van der Waals surface area contributed by atoms with Gasteiger partial charge in [0.15, 0.2) is 11.5 Å². The highest BCUT2D eigenvalue weighted by Crippen LogP contribution is 2.43. The van der Waals surface area contributed by atoms with Gasteiger partial charge in [-0.1, -0.05) is 49.4 Å². The monoisotopic (exact) mass is 479 g/mol. The van der Waals surface area contributed by atoms with Gasteiger partial charge in [-0.05, 0) is 47.2 Å². The lowest BCUT2D eigenvalue weighted by Gasteiger charge is -2.28. The number of aryl methyl sites for hydroxylation is 1. The molecule has 2 N–H and O–H groups in total. The molecule has 0 spiro atoms. The molecule has 0 saturated carbocycles. The van der Waals surface area contributed by atoms with E-state index in [1.54, 1.807) is 17.4 Å². The van der Waals surface area contributed by atoms with E-state index in [0.29, 0.717) is 24.5 Å². The van der Waals surface area contributed by atoms with Crippen LogP contribution in [-0.2, 0) is 16.4 Å². The summed E-state index contributed by atoms with van der Waals surface area (Å²) in [6, 6.07) is 23.7. The molecule has 0 radical (unpaired) electrons. The quantitative estimate of drug-likeness (QED) is 0.411. The standard InChI is InChI=1S/C26H25NO4S2/c1-2-17-7-3-5-9-20(17)26(25-15-18-8-4-6-10-24(18)32-25)22-13-14-30-23-16-19(33(27,28)29)11-12-21(23)31-22/h3-12,15-16,22,26H,2,13-14H2,1H3,(H2,27,28,29)/t22?,26-/m0/s1. The van der Waals surface area contributed by atoms with Gasteiger partial charge in [0.2, 0.25) is 10.0 Å². The first-order valence-corrected chi connectivity index (χ1v) is 13.3. The summed E-state index contributed by atoms with van der Waals surface area (Å²) in [5.74, 6) is 0.957. The Hall–Kier alpha value is -2.87. The van der Waals surface area contributed by atoms with Crippen LogP contribution in [0.4, 0.5) is 0 Å². The highest BCUT2D eigenvalue weighted by Gasteiger charge is 2.32. The second kappa shape index (κ2) is 8.82. The topological polar surface area (TPSA) is 78.6 Å². The van der Waals surface area contributed by atoms with Crippen molar-refractivity contribution in [3.8, 4) is 11.5 Å². The maximum absolute atomic E-state index is 11.8. The molecule has 7 heteroatoms. The van der Waals surface area contributed by atoms with E-state index in [2.05, 4.69) is 61.5 Å². The number of primary sulfonamides is 1. The Kier molecular flexibility index (Phi) is 5.86. The minimum absolute atomic E-state index is 0.0145. The lowest BCUT2D eigenvalue weighted by Crippen LogP contribution is -2.27. The molecule has 5 rings (SSSR count). The van der Waals surface area contributed by atoms with Gasteiger partial charge < -0.3 is 9.47 Å². The number of sulfonamides is 1. The van der Waals surface area contributed by atoms with Crippen molar-refractivity contribution in [2.75, 3.05) is 6.61 Å². The Bertz CT molecular complexity index is 1380. The number of hydrogen-bond acceptors (Lipinski definition) is 5. The maximum Gasteiger partial charge on any atom is 0.238 e. The van der Waals surface area contributed by atoms with Crippen molar-refractivity contribution < 1.29 is 17.9 Å². The van der Waals surface area contributed by atoms with Crippen molar-refractivity contribution in [3.63, 3.8) is 0 Å². The van der Waals surface area contributed by atoms with Crippen molar-refractivity contribution >= 4 is 31.4 Å². The Balaban J connectivity index is 1.61. The van der Waals surface area contributed by atoms with E-state index in [0.717, 1.165) is 6.42 Å². The first kappa shape index (κ1) is 21.9. The van der Waals surface area contributed by atoms with E-state index in [1.807, 2.05) is 0 Å². The van der Waals surface area contributed by atoms with Crippen LogP contribution in [0.5, 0.6) is 11.5 Å². The second-order valence-corrected chi connectivity index (χ2v) is 10.8.